The number of benzene rings is 3. The smallest absolute Gasteiger partial charge is 0.282 e. The Balaban J connectivity index is 1.81. The molecule has 0 spiro atoms. The number of methoxy groups -OCH3 is 2. The zero-order chi connectivity index (χ0) is 22.7. The van der Waals surface area contributed by atoms with E-state index in [9.17, 15) is 9.59 Å². The molecule has 4 rings (SSSR count). The first kappa shape index (κ1) is 21.2. The minimum atomic E-state index is -0.389. The molecule has 0 radical (unpaired) electrons. The first-order valence-electron chi connectivity index (χ1n) is 10.2. The number of nitrogens with zero attached hydrogens (tertiary/aromatic N) is 2. The van der Waals surface area contributed by atoms with Gasteiger partial charge in [0.25, 0.3) is 11.8 Å². The number of rotatable bonds is 7. The van der Waals surface area contributed by atoms with Gasteiger partial charge in [0.1, 0.15) is 17.2 Å². The van der Waals surface area contributed by atoms with Crippen LogP contribution in [0.2, 0.25) is 0 Å². The summed E-state index contributed by atoms with van der Waals surface area (Å²) in [6, 6.07) is 24.0. The summed E-state index contributed by atoms with van der Waals surface area (Å²) in [5.74, 6) is 0.352. The normalized spacial score (nSPS) is 13.5. The van der Waals surface area contributed by atoms with Crippen molar-refractivity contribution >= 4 is 23.1 Å². The van der Waals surface area contributed by atoms with Crippen molar-refractivity contribution in [2.75, 3.05) is 26.2 Å². The topological polar surface area (TPSA) is 59.1 Å². The fourth-order valence-electron chi connectivity index (χ4n) is 3.86. The number of imide groups is 1. The Hall–Kier alpha value is -4.06. The summed E-state index contributed by atoms with van der Waals surface area (Å²) in [7, 11) is 4.92. The molecule has 162 valence electrons. The molecule has 6 nitrogen and oxygen atoms in total. The molecular formula is C26H24N2O4. The molecule has 2 amide bonds. The zero-order valence-electron chi connectivity index (χ0n) is 18.2. The van der Waals surface area contributed by atoms with Gasteiger partial charge in [-0.1, -0.05) is 54.6 Å². The van der Waals surface area contributed by atoms with E-state index in [1.165, 1.54) is 12.0 Å². The molecule has 0 aliphatic carbocycles. The van der Waals surface area contributed by atoms with Gasteiger partial charge in [0.05, 0.1) is 25.5 Å². The summed E-state index contributed by atoms with van der Waals surface area (Å²) in [5.41, 5.74) is 2.79. The van der Waals surface area contributed by atoms with E-state index in [0.29, 0.717) is 40.6 Å². The zero-order valence-corrected chi connectivity index (χ0v) is 18.2. The molecule has 1 aliphatic rings. The van der Waals surface area contributed by atoms with Crippen LogP contribution in [0.25, 0.3) is 5.57 Å². The van der Waals surface area contributed by atoms with E-state index in [1.807, 2.05) is 42.3 Å². The Bertz CT molecular complexity index is 1170. The predicted molar refractivity (Wildman–Crippen MR) is 123 cm³/mol. The van der Waals surface area contributed by atoms with Crippen molar-refractivity contribution in [3.05, 3.63) is 95.7 Å². The van der Waals surface area contributed by atoms with E-state index in [1.54, 1.807) is 55.6 Å². The van der Waals surface area contributed by atoms with Crippen molar-refractivity contribution in [1.82, 2.24) is 4.90 Å². The Morgan fingerprint density at radius 2 is 1.44 bits per heavy atom. The minimum absolute atomic E-state index is 0.343. The lowest BCUT2D eigenvalue weighted by atomic mass is 10.0. The monoisotopic (exact) mass is 428 g/mol. The lowest BCUT2D eigenvalue weighted by Crippen LogP contribution is -2.34. The van der Waals surface area contributed by atoms with Crippen LogP contribution >= 0.6 is 0 Å². The maximum absolute atomic E-state index is 13.6. The number of anilines is 1. The number of amides is 2. The van der Waals surface area contributed by atoms with E-state index < -0.39 is 0 Å². The quantitative estimate of drug-likeness (QED) is 0.530. The molecule has 0 N–H and O–H groups in total. The third kappa shape index (κ3) is 3.83. The van der Waals surface area contributed by atoms with Crippen LogP contribution in [0, 0.1) is 0 Å². The number of likely N-dealkylation sites (N-methyl/N-ethyl adjacent to an activating group) is 1. The molecule has 0 fully saturated rings. The number of ether oxygens (including phenoxy) is 2. The number of hydrogen-bond acceptors (Lipinski definition) is 5. The summed E-state index contributed by atoms with van der Waals surface area (Å²) >= 11 is 0. The van der Waals surface area contributed by atoms with E-state index >= 15 is 0 Å². The fourth-order valence-corrected chi connectivity index (χ4v) is 3.86. The van der Waals surface area contributed by atoms with E-state index in [4.69, 9.17) is 9.47 Å². The van der Waals surface area contributed by atoms with Crippen LogP contribution in [-0.4, -0.2) is 38.0 Å². The van der Waals surface area contributed by atoms with E-state index in [2.05, 4.69) is 0 Å². The number of carbonyl (C=O) groups excluding carboxylic acids is 2. The molecule has 32 heavy (non-hydrogen) atoms. The highest BCUT2D eigenvalue weighted by Crippen LogP contribution is 2.38. The number of para-hydroxylation sites is 2. The van der Waals surface area contributed by atoms with Crippen LogP contribution in [0.1, 0.15) is 11.1 Å². The summed E-state index contributed by atoms with van der Waals surface area (Å²) < 4.78 is 10.7. The molecule has 0 bridgehead atoms. The van der Waals surface area contributed by atoms with Crippen LogP contribution in [0.5, 0.6) is 11.5 Å². The van der Waals surface area contributed by atoms with Crippen LogP contribution in [0.4, 0.5) is 5.69 Å². The van der Waals surface area contributed by atoms with Gasteiger partial charge in [-0.3, -0.25) is 9.59 Å². The van der Waals surface area contributed by atoms with Gasteiger partial charge in [0.15, 0.2) is 0 Å². The lowest BCUT2D eigenvalue weighted by Gasteiger charge is -2.22. The molecule has 6 heteroatoms. The third-order valence-electron chi connectivity index (χ3n) is 5.41. The average Bonchev–Trinajstić information content (AvgIpc) is 3.09. The Labute approximate surface area is 187 Å². The van der Waals surface area contributed by atoms with Gasteiger partial charge in [0, 0.05) is 13.6 Å². The van der Waals surface area contributed by atoms with Crippen molar-refractivity contribution in [2.45, 2.75) is 6.54 Å². The van der Waals surface area contributed by atoms with Crippen molar-refractivity contribution in [3.8, 4) is 11.5 Å². The van der Waals surface area contributed by atoms with Gasteiger partial charge in [0.2, 0.25) is 0 Å². The maximum atomic E-state index is 13.6. The van der Waals surface area contributed by atoms with Crippen LogP contribution < -0.4 is 14.4 Å². The molecule has 0 aromatic heterocycles. The third-order valence-corrected chi connectivity index (χ3v) is 5.41. The predicted octanol–water partition coefficient (Wildman–Crippen LogP) is 4.12. The summed E-state index contributed by atoms with van der Waals surface area (Å²) in [6.45, 7) is 0.481. The van der Waals surface area contributed by atoms with Crippen molar-refractivity contribution in [2.24, 2.45) is 0 Å². The van der Waals surface area contributed by atoms with Gasteiger partial charge in [-0.15, -0.1) is 0 Å². The van der Waals surface area contributed by atoms with Gasteiger partial charge < -0.3 is 14.4 Å². The largest absolute Gasteiger partial charge is 0.497 e. The lowest BCUT2D eigenvalue weighted by molar-refractivity contribution is -0.120. The van der Waals surface area contributed by atoms with Crippen LogP contribution in [0.15, 0.2) is 84.6 Å². The average molecular weight is 428 g/mol. The highest BCUT2D eigenvalue weighted by molar-refractivity contribution is 6.45. The summed E-state index contributed by atoms with van der Waals surface area (Å²) in [4.78, 5) is 30.3. The van der Waals surface area contributed by atoms with Gasteiger partial charge in [-0.25, -0.2) is 4.90 Å². The molecule has 1 aliphatic heterocycles. The highest BCUT2D eigenvalue weighted by atomic mass is 16.5. The molecule has 3 aromatic rings. The summed E-state index contributed by atoms with van der Waals surface area (Å²) in [5, 5.41) is 0. The second-order valence-electron chi connectivity index (χ2n) is 7.41. The van der Waals surface area contributed by atoms with E-state index in [-0.39, 0.29) is 11.8 Å². The molecule has 3 aromatic carbocycles. The second-order valence-corrected chi connectivity index (χ2v) is 7.41. The number of hydrogen-bond donors (Lipinski definition) is 0. The molecule has 0 atom stereocenters. The Morgan fingerprint density at radius 1 is 0.781 bits per heavy atom. The van der Waals surface area contributed by atoms with E-state index in [0.717, 1.165) is 5.56 Å². The maximum Gasteiger partial charge on any atom is 0.282 e. The van der Waals surface area contributed by atoms with Gasteiger partial charge in [-0.2, -0.15) is 0 Å². The fraction of sp³-hybridized carbons (Fsp3) is 0.154. The SMILES string of the molecule is COc1ccc(C2=C(N(C)Cc3ccccc3)C(=O)N(c3ccccc3OC)C2=O)cc1. The standard InChI is InChI=1S/C26H24N2O4/c1-27(17-18-9-5-4-6-10-18)24-23(19-13-15-20(31-2)16-14-19)25(29)28(26(24)30)21-11-7-8-12-22(21)32-3/h4-16H,17H2,1-3H3. The first-order valence-corrected chi connectivity index (χ1v) is 10.2. The molecule has 0 unspecified atom stereocenters. The van der Waals surface area contributed by atoms with Crippen LogP contribution in [-0.2, 0) is 16.1 Å². The summed E-state index contributed by atoms with van der Waals surface area (Å²) in [6.07, 6.45) is 0. The minimum Gasteiger partial charge on any atom is -0.497 e. The first-order chi connectivity index (χ1) is 15.5. The van der Waals surface area contributed by atoms with Gasteiger partial charge in [-0.05, 0) is 35.4 Å². The number of carbonyl (C=O) groups is 2. The van der Waals surface area contributed by atoms with Crippen LogP contribution in [0.3, 0.4) is 0 Å². The Kier molecular flexibility index (Phi) is 5.94. The molecule has 0 saturated carbocycles. The molecule has 1 heterocycles. The van der Waals surface area contributed by atoms with Crippen molar-refractivity contribution < 1.29 is 19.1 Å². The molecular weight excluding hydrogens is 404 g/mol. The Morgan fingerprint density at radius 3 is 2.09 bits per heavy atom. The van der Waals surface area contributed by atoms with Crippen molar-refractivity contribution in [3.63, 3.8) is 0 Å². The molecule has 0 saturated heterocycles. The van der Waals surface area contributed by atoms with Gasteiger partial charge >= 0.3 is 0 Å². The highest BCUT2D eigenvalue weighted by Gasteiger charge is 2.42. The second kappa shape index (κ2) is 8.98. The van der Waals surface area contributed by atoms with Crippen molar-refractivity contribution in [1.29, 1.82) is 0 Å².